The van der Waals surface area contributed by atoms with Crippen LogP contribution in [0.4, 0.5) is 11.7 Å². The minimum atomic E-state index is -0.683. The molecule has 0 atom stereocenters. The van der Waals surface area contributed by atoms with E-state index in [-0.39, 0.29) is 12.3 Å². The Labute approximate surface area is 182 Å². The zero-order valence-electron chi connectivity index (χ0n) is 17.3. The van der Waals surface area contributed by atoms with Crippen LogP contribution in [0.15, 0.2) is 27.9 Å². The van der Waals surface area contributed by atoms with Gasteiger partial charge < -0.3 is 14.6 Å². The van der Waals surface area contributed by atoms with Crippen LogP contribution in [0.25, 0.3) is 11.0 Å². The van der Waals surface area contributed by atoms with Gasteiger partial charge >= 0.3 is 5.88 Å². The number of hydrogen-bond acceptors (Lipinski definition) is 9. The summed E-state index contributed by atoms with van der Waals surface area (Å²) >= 11 is 1.60. The fourth-order valence-corrected chi connectivity index (χ4v) is 4.13. The third-order valence-corrected chi connectivity index (χ3v) is 5.67. The number of fused-ring (bicyclic) bond motifs is 1. The summed E-state index contributed by atoms with van der Waals surface area (Å²) in [6.45, 7) is 6.78. The number of nitro groups is 1. The first-order valence-electron chi connectivity index (χ1n) is 10.1. The average Bonchev–Trinajstić information content (AvgIpc) is 3.48. The van der Waals surface area contributed by atoms with E-state index in [1.807, 2.05) is 0 Å². The minimum absolute atomic E-state index is 0.105. The Morgan fingerprint density at radius 1 is 1.32 bits per heavy atom. The van der Waals surface area contributed by atoms with Crippen LogP contribution in [0.5, 0.6) is 0 Å². The Morgan fingerprint density at radius 2 is 2.10 bits per heavy atom. The van der Waals surface area contributed by atoms with Crippen LogP contribution in [0.2, 0.25) is 0 Å². The second kappa shape index (κ2) is 8.92. The van der Waals surface area contributed by atoms with Crippen molar-refractivity contribution in [3.63, 3.8) is 0 Å². The summed E-state index contributed by atoms with van der Waals surface area (Å²) in [5.41, 5.74) is 0.725. The summed E-state index contributed by atoms with van der Waals surface area (Å²) < 4.78 is 6.67. The third-order valence-electron chi connectivity index (χ3n) is 4.81. The van der Waals surface area contributed by atoms with E-state index in [0.29, 0.717) is 17.0 Å². The summed E-state index contributed by atoms with van der Waals surface area (Å²) in [5, 5.41) is 19.8. The van der Waals surface area contributed by atoms with Crippen molar-refractivity contribution in [3.8, 4) is 0 Å². The van der Waals surface area contributed by atoms with Crippen LogP contribution >= 0.6 is 11.8 Å². The molecule has 0 spiro atoms. The highest BCUT2D eigenvalue weighted by atomic mass is 32.2. The Morgan fingerprint density at radius 3 is 2.77 bits per heavy atom. The molecule has 4 heterocycles. The van der Waals surface area contributed by atoms with Gasteiger partial charge in [0, 0.05) is 24.9 Å². The van der Waals surface area contributed by atoms with Crippen molar-refractivity contribution >= 4 is 40.4 Å². The van der Waals surface area contributed by atoms with E-state index in [9.17, 15) is 14.9 Å². The molecule has 0 aliphatic carbocycles. The maximum absolute atomic E-state index is 12.2. The first-order chi connectivity index (χ1) is 14.9. The molecule has 31 heavy (non-hydrogen) atoms. The molecule has 3 aromatic heterocycles. The number of thioether (sulfide) groups is 1. The molecular formula is C19H23N7O4S. The van der Waals surface area contributed by atoms with E-state index >= 15 is 0 Å². The molecule has 0 radical (unpaired) electrons. The van der Waals surface area contributed by atoms with Crippen molar-refractivity contribution in [2.45, 2.75) is 43.6 Å². The normalized spacial score (nSPS) is 14.0. The third kappa shape index (κ3) is 4.63. The van der Waals surface area contributed by atoms with Crippen molar-refractivity contribution in [2.24, 2.45) is 0 Å². The lowest BCUT2D eigenvalue weighted by atomic mass is 10.3. The lowest BCUT2D eigenvalue weighted by Crippen LogP contribution is -2.27. The monoisotopic (exact) mass is 445 g/mol. The van der Waals surface area contributed by atoms with Gasteiger partial charge in [0.05, 0.1) is 24.2 Å². The van der Waals surface area contributed by atoms with Crippen LogP contribution in [0, 0.1) is 10.1 Å². The first kappa shape index (κ1) is 21.1. The van der Waals surface area contributed by atoms with E-state index in [4.69, 9.17) is 14.4 Å². The maximum Gasteiger partial charge on any atom is 0.433 e. The number of nitrogens with zero attached hydrogens (tertiary/aromatic N) is 6. The molecule has 3 aromatic rings. The molecule has 1 N–H and O–H groups in total. The number of carbonyl (C=O) groups excluding carboxylic acids is 1. The Bertz CT molecular complexity index is 1100. The highest BCUT2D eigenvalue weighted by Crippen LogP contribution is 2.30. The van der Waals surface area contributed by atoms with Gasteiger partial charge in [-0.15, -0.1) is 0 Å². The summed E-state index contributed by atoms with van der Waals surface area (Å²) in [6, 6.07) is 2.43. The van der Waals surface area contributed by atoms with Gasteiger partial charge in [-0.2, -0.15) is 5.10 Å². The average molecular weight is 446 g/mol. The number of nitrogens with one attached hydrogen (secondary N) is 1. The topological polar surface area (TPSA) is 132 Å². The number of amides is 1. The first-order valence-corrected chi connectivity index (χ1v) is 11.0. The molecule has 4 rings (SSSR count). The number of hydrogen-bond donors (Lipinski definition) is 1. The van der Waals surface area contributed by atoms with Gasteiger partial charge in [0.1, 0.15) is 10.7 Å². The lowest BCUT2D eigenvalue weighted by Gasteiger charge is -2.18. The zero-order chi connectivity index (χ0) is 22.0. The van der Waals surface area contributed by atoms with Gasteiger partial charge in [-0.25, -0.2) is 14.6 Å². The Kier molecular flexibility index (Phi) is 6.07. The van der Waals surface area contributed by atoms with E-state index in [1.54, 1.807) is 22.6 Å². The van der Waals surface area contributed by atoms with Crippen LogP contribution in [0.3, 0.4) is 0 Å². The molecule has 11 nitrogen and oxygen atoms in total. The van der Waals surface area contributed by atoms with Gasteiger partial charge in [0.25, 0.3) is 5.91 Å². The van der Waals surface area contributed by atoms with Crippen molar-refractivity contribution < 1.29 is 14.1 Å². The standard InChI is InChI=1S/C19H23N7O4S/c1-12(2)31-19-22-16(24-8-3-4-9-24)13-11-21-25(17(13)23-19)10-7-20-18(27)14-5-6-15(30-14)26(28)29/h5-6,11-12H,3-4,7-10H2,1-2H3,(H,20,27). The van der Waals surface area contributed by atoms with E-state index in [2.05, 4.69) is 29.2 Å². The highest BCUT2D eigenvalue weighted by Gasteiger charge is 2.21. The zero-order valence-corrected chi connectivity index (χ0v) is 18.1. The molecule has 1 aliphatic heterocycles. The molecule has 0 bridgehead atoms. The highest BCUT2D eigenvalue weighted by molar-refractivity contribution is 7.99. The second-order valence-electron chi connectivity index (χ2n) is 7.45. The molecule has 1 fully saturated rings. The SMILES string of the molecule is CC(C)Sc1nc(N2CCCC2)c2cnn(CCNC(=O)c3ccc([N+](=O)[O-])o3)c2n1. The van der Waals surface area contributed by atoms with Gasteiger partial charge in [-0.3, -0.25) is 14.9 Å². The Hall–Kier alpha value is -3.15. The number of anilines is 1. The molecule has 0 unspecified atom stereocenters. The lowest BCUT2D eigenvalue weighted by molar-refractivity contribution is -0.402. The molecule has 0 saturated carbocycles. The summed E-state index contributed by atoms with van der Waals surface area (Å²) in [6.07, 6.45) is 4.05. The predicted octanol–water partition coefficient (Wildman–Crippen LogP) is 2.86. The van der Waals surface area contributed by atoms with Gasteiger partial charge in [-0.05, 0) is 18.9 Å². The van der Waals surface area contributed by atoms with Crippen LogP contribution in [0.1, 0.15) is 37.2 Å². The second-order valence-corrected chi connectivity index (χ2v) is 8.99. The molecule has 1 saturated heterocycles. The quantitative estimate of drug-likeness (QED) is 0.240. The fraction of sp³-hybridized carbons (Fsp3) is 0.474. The number of rotatable bonds is 8. The van der Waals surface area contributed by atoms with E-state index < -0.39 is 16.7 Å². The minimum Gasteiger partial charge on any atom is -0.395 e. The Balaban J connectivity index is 1.51. The van der Waals surface area contributed by atoms with Crippen molar-refractivity contribution in [3.05, 3.63) is 34.2 Å². The van der Waals surface area contributed by atoms with Crippen LogP contribution in [-0.4, -0.2) is 55.5 Å². The van der Waals surface area contributed by atoms with Crippen molar-refractivity contribution in [1.29, 1.82) is 0 Å². The van der Waals surface area contributed by atoms with Gasteiger partial charge in [-0.1, -0.05) is 25.6 Å². The van der Waals surface area contributed by atoms with E-state index in [0.717, 1.165) is 48.8 Å². The molecule has 0 aromatic carbocycles. The summed E-state index contributed by atoms with van der Waals surface area (Å²) in [7, 11) is 0. The smallest absolute Gasteiger partial charge is 0.395 e. The molecular weight excluding hydrogens is 422 g/mol. The predicted molar refractivity (Wildman–Crippen MR) is 115 cm³/mol. The molecule has 1 aliphatic rings. The molecule has 164 valence electrons. The van der Waals surface area contributed by atoms with Gasteiger partial charge in [0.2, 0.25) is 0 Å². The van der Waals surface area contributed by atoms with Crippen LogP contribution in [-0.2, 0) is 6.54 Å². The number of aromatic nitrogens is 4. The van der Waals surface area contributed by atoms with Crippen LogP contribution < -0.4 is 10.2 Å². The number of carbonyl (C=O) groups is 1. The number of furan rings is 1. The summed E-state index contributed by atoms with van der Waals surface area (Å²) in [4.78, 5) is 34.0. The summed E-state index contributed by atoms with van der Waals surface area (Å²) in [5.74, 6) is -0.187. The molecule has 12 heteroatoms. The van der Waals surface area contributed by atoms with Crippen molar-refractivity contribution in [2.75, 3.05) is 24.5 Å². The molecule has 1 amide bonds. The maximum atomic E-state index is 12.2. The van der Waals surface area contributed by atoms with Crippen molar-refractivity contribution in [1.82, 2.24) is 25.1 Å². The van der Waals surface area contributed by atoms with E-state index in [1.165, 1.54) is 6.07 Å². The largest absolute Gasteiger partial charge is 0.433 e. The fourth-order valence-electron chi connectivity index (χ4n) is 3.43. The van der Waals surface area contributed by atoms with Gasteiger partial charge in [0.15, 0.2) is 16.6 Å².